The predicted octanol–water partition coefficient (Wildman–Crippen LogP) is 0.590. The van der Waals surface area contributed by atoms with Crippen LogP contribution in [0.4, 0.5) is 5.69 Å². The van der Waals surface area contributed by atoms with Gasteiger partial charge in [-0.3, -0.25) is 14.7 Å². The lowest BCUT2D eigenvalue weighted by molar-refractivity contribution is -0.129. The lowest BCUT2D eigenvalue weighted by Crippen LogP contribution is -2.51. The number of hydrogen-bond acceptors (Lipinski definition) is 5. The van der Waals surface area contributed by atoms with Crippen LogP contribution >= 0.6 is 0 Å². The molecule has 1 amide bonds. The van der Waals surface area contributed by atoms with Crippen LogP contribution in [-0.2, 0) is 16.1 Å². The van der Waals surface area contributed by atoms with Gasteiger partial charge in [0, 0.05) is 31.5 Å². The highest BCUT2D eigenvalue weighted by atomic mass is 16.5. The van der Waals surface area contributed by atoms with Gasteiger partial charge in [0.2, 0.25) is 5.91 Å². The molecule has 1 aromatic rings. The Bertz CT molecular complexity index is 453. The summed E-state index contributed by atoms with van der Waals surface area (Å²) < 4.78 is 5.31. The van der Waals surface area contributed by atoms with Gasteiger partial charge in [-0.25, -0.2) is 0 Å². The highest BCUT2D eigenvalue weighted by Crippen LogP contribution is 2.14. The molecular weight excluding hydrogens is 256 g/mol. The average molecular weight is 278 g/mol. The fourth-order valence-electron chi connectivity index (χ4n) is 2.24. The lowest BCUT2D eigenvalue weighted by Gasteiger charge is -2.33. The van der Waals surface area contributed by atoms with Gasteiger partial charge in [-0.2, -0.15) is 0 Å². The summed E-state index contributed by atoms with van der Waals surface area (Å²) in [5, 5.41) is 3.33. The van der Waals surface area contributed by atoms with E-state index in [2.05, 4.69) is 17.2 Å². The van der Waals surface area contributed by atoms with Crippen LogP contribution < -0.4 is 11.1 Å². The minimum Gasteiger partial charge on any atom is -0.385 e. The quantitative estimate of drug-likeness (QED) is 0.796. The second-order valence-electron chi connectivity index (χ2n) is 4.93. The van der Waals surface area contributed by atoms with E-state index in [-0.39, 0.29) is 11.9 Å². The van der Waals surface area contributed by atoms with Crippen LogP contribution in [0.25, 0.3) is 0 Å². The second-order valence-corrected chi connectivity index (χ2v) is 4.93. The van der Waals surface area contributed by atoms with Gasteiger partial charge in [0.25, 0.3) is 0 Å². The highest BCUT2D eigenvalue weighted by molar-refractivity contribution is 5.80. The Morgan fingerprint density at radius 3 is 3.25 bits per heavy atom. The van der Waals surface area contributed by atoms with Gasteiger partial charge in [0.05, 0.1) is 18.9 Å². The number of nitrogens with zero attached hydrogens (tertiary/aromatic N) is 2. The molecule has 1 saturated heterocycles. The van der Waals surface area contributed by atoms with Crippen LogP contribution in [0.15, 0.2) is 18.3 Å². The standard InChI is InChI=1S/C14H22N4O2/c1-2-4-16-11-3-5-17-12(8-11)9-18-6-7-20-10-13(18)14(15)19/h3,5,8,13H,2,4,6-7,9-10H2,1H3,(H2,15,19)(H,16,17). The van der Waals surface area contributed by atoms with E-state index in [9.17, 15) is 4.79 Å². The summed E-state index contributed by atoms with van der Waals surface area (Å²) in [6.07, 6.45) is 2.86. The van der Waals surface area contributed by atoms with Gasteiger partial charge in [-0.15, -0.1) is 0 Å². The van der Waals surface area contributed by atoms with E-state index >= 15 is 0 Å². The zero-order valence-electron chi connectivity index (χ0n) is 11.8. The largest absolute Gasteiger partial charge is 0.385 e. The number of rotatable bonds is 6. The average Bonchev–Trinajstić information content (AvgIpc) is 2.46. The van der Waals surface area contributed by atoms with Crippen LogP contribution in [0, 0.1) is 0 Å². The van der Waals surface area contributed by atoms with Crippen molar-refractivity contribution in [3.05, 3.63) is 24.0 Å². The first kappa shape index (κ1) is 14.7. The number of hydrogen-bond donors (Lipinski definition) is 2. The molecule has 110 valence electrons. The molecule has 1 aliphatic rings. The first-order chi connectivity index (χ1) is 9.70. The third-order valence-corrected chi connectivity index (χ3v) is 3.33. The van der Waals surface area contributed by atoms with Crippen LogP contribution in [0.3, 0.4) is 0 Å². The van der Waals surface area contributed by atoms with Gasteiger partial charge >= 0.3 is 0 Å². The summed E-state index contributed by atoms with van der Waals surface area (Å²) in [5.74, 6) is -0.343. The molecule has 0 radical (unpaired) electrons. The number of nitrogens with two attached hydrogens (primary N) is 1. The summed E-state index contributed by atoms with van der Waals surface area (Å²) in [5.41, 5.74) is 7.40. The number of pyridine rings is 1. The molecule has 20 heavy (non-hydrogen) atoms. The number of morpholine rings is 1. The van der Waals surface area contributed by atoms with Crippen molar-refractivity contribution in [1.29, 1.82) is 0 Å². The summed E-state index contributed by atoms with van der Waals surface area (Å²) in [4.78, 5) is 17.8. The molecule has 0 bridgehead atoms. The molecule has 1 aliphatic heterocycles. The number of ether oxygens (including phenoxy) is 1. The van der Waals surface area contributed by atoms with Crippen molar-refractivity contribution in [3.63, 3.8) is 0 Å². The smallest absolute Gasteiger partial charge is 0.237 e. The summed E-state index contributed by atoms with van der Waals surface area (Å²) in [6.45, 7) is 5.35. The third-order valence-electron chi connectivity index (χ3n) is 3.33. The molecule has 0 aromatic carbocycles. The van der Waals surface area contributed by atoms with Crippen molar-refractivity contribution in [2.24, 2.45) is 5.73 Å². The molecule has 2 rings (SSSR count). The number of primary amides is 1. The molecule has 1 fully saturated rings. The number of anilines is 1. The Kier molecular flexibility index (Phi) is 5.31. The SMILES string of the molecule is CCCNc1ccnc(CN2CCOCC2C(N)=O)c1. The van der Waals surface area contributed by atoms with Gasteiger partial charge in [0.15, 0.2) is 0 Å². The number of carbonyl (C=O) groups excluding carboxylic acids is 1. The number of nitrogens with one attached hydrogen (secondary N) is 1. The summed E-state index contributed by atoms with van der Waals surface area (Å²) in [6, 6.07) is 3.60. The maximum atomic E-state index is 11.4. The molecule has 6 heteroatoms. The molecule has 1 unspecified atom stereocenters. The van der Waals surface area contributed by atoms with Crippen LogP contribution in [0.2, 0.25) is 0 Å². The van der Waals surface area contributed by atoms with E-state index in [1.165, 1.54) is 0 Å². The molecule has 3 N–H and O–H groups in total. The van der Waals surface area contributed by atoms with Gasteiger partial charge in [0.1, 0.15) is 6.04 Å². The fourth-order valence-corrected chi connectivity index (χ4v) is 2.24. The van der Waals surface area contributed by atoms with Crippen LogP contribution in [-0.4, -0.2) is 48.1 Å². The molecule has 1 aromatic heterocycles. The molecule has 0 spiro atoms. The maximum absolute atomic E-state index is 11.4. The van der Waals surface area contributed by atoms with Crippen molar-refractivity contribution in [2.45, 2.75) is 25.9 Å². The van der Waals surface area contributed by atoms with E-state index in [0.29, 0.717) is 26.3 Å². The Labute approximate surface area is 119 Å². The van der Waals surface area contributed by atoms with Crippen molar-refractivity contribution >= 4 is 11.6 Å². The van der Waals surface area contributed by atoms with Crippen molar-refractivity contribution in [1.82, 2.24) is 9.88 Å². The highest BCUT2D eigenvalue weighted by Gasteiger charge is 2.27. The molecule has 6 nitrogen and oxygen atoms in total. The Morgan fingerprint density at radius 2 is 2.50 bits per heavy atom. The maximum Gasteiger partial charge on any atom is 0.237 e. The minimum absolute atomic E-state index is 0.343. The van der Waals surface area contributed by atoms with Crippen molar-refractivity contribution in [3.8, 4) is 0 Å². The molecule has 0 saturated carbocycles. The Balaban J connectivity index is 2.02. The zero-order valence-corrected chi connectivity index (χ0v) is 11.8. The van der Waals surface area contributed by atoms with E-state index in [0.717, 1.165) is 24.3 Å². The van der Waals surface area contributed by atoms with Crippen LogP contribution in [0.5, 0.6) is 0 Å². The monoisotopic (exact) mass is 278 g/mol. The van der Waals surface area contributed by atoms with E-state index in [1.807, 2.05) is 17.0 Å². The molecule has 0 aliphatic carbocycles. The van der Waals surface area contributed by atoms with Crippen LogP contribution in [0.1, 0.15) is 19.0 Å². The van der Waals surface area contributed by atoms with Crippen molar-refractivity contribution in [2.75, 3.05) is 31.6 Å². The van der Waals surface area contributed by atoms with E-state index in [4.69, 9.17) is 10.5 Å². The Morgan fingerprint density at radius 1 is 1.65 bits per heavy atom. The molecular formula is C14H22N4O2. The minimum atomic E-state index is -0.363. The summed E-state index contributed by atoms with van der Waals surface area (Å²) >= 11 is 0. The van der Waals surface area contributed by atoms with Gasteiger partial charge < -0.3 is 15.8 Å². The lowest BCUT2D eigenvalue weighted by atomic mass is 10.2. The van der Waals surface area contributed by atoms with Gasteiger partial charge in [-0.1, -0.05) is 6.92 Å². The molecule has 1 atom stereocenters. The number of carbonyl (C=O) groups is 1. The zero-order chi connectivity index (χ0) is 14.4. The number of amides is 1. The Hall–Kier alpha value is -1.66. The molecule has 2 heterocycles. The first-order valence-corrected chi connectivity index (χ1v) is 7.00. The third kappa shape index (κ3) is 3.91. The second kappa shape index (κ2) is 7.21. The summed E-state index contributed by atoms with van der Waals surface area (Å²) in [7, 11) is 0. The fraction of sp³-hybridized carbons (Fsp3) is 0.571. The van der Waals surface area contributed by atoms with E-state index in [1.54, 1.807) is 6.20 Å². The normalized spacial score (nSPS) is 19.8. The predicted molar refractivity (Wildman–Crippen MR) is 77.2 cm³/mol. The van der Waals surface area contributed by atoms with Crippen molar-refractivity contribution < 1.29 is 9.53 Å². The van der Waals surface area contributed by atoms with Gasteiger partial charge in [-0.05, 0) is 18.6 Å². The van der Waals surface area contributed by atoms with E-state index < -0.39 is 0 Å². The number of aromatic nitrogens is 1. The topological polar surface area (TPSA) is 80.5 Å². The first-order valence-electron chi connectivity index (χ1n) is 7.00.